The first-order valence-corrected chi connectivity index (χ1v) is 23.0. The van der Waals surface area contributed by atoms with Crippen molar-refractivity contribution in [2.45, 2.75) is 119 Å². The summed E-state index contributed by atoms with van der Waals surface area (Å²) in [6, 6.07) is 23.2. The molecule has 0 saturated carbocycles. The van der Waals surface area contributed by atoms with Gasteiger partial charge in [0.2, 0.25) is 17.2 Å². The predicted octanol–water partition coefficient (Wildman–Crippen LogP) is 12.5. The number of allylic oxidation sites excluding steroid dienone is 2. The molecule has 0 saturated heterocycles. The largest absolute Gasteiger partial charge is 0.506 e. The van der Waals surface area contributed by atoms with Gasteiger partial charge in [0.1, 0.15) is 10.8 Å². The van der Waals surface area contributed by atoms with E-state index in [1.807, 2.05) is 0 Å². The van der Waals surface area contributed by atoms with Gasteiger partial charge in [0.15, 0.2) is 0 Å². The highest BCUT2D eigenvalue weighted by Crippen LogP contribution is 2.64. The summed E-state index contributed by atoms with van der Waals surface area (Å²) in [7, 11) is 0. The molecule has 302 valence electrons. The Hall–Kier alpha value is -5.04. The third kappa shape index (κ3) is 4.37. The number of hydrogen-bond donors (Lipinski definition) is 1. The zero-order chi connectivity index (χ0) is 42.7. The van der Waals surface area contributed by atoms with Crippen LogP contribution in [0.15, 0.2) is 66.4 Å². The maximum atomic E-state index is 15.0. The van der Waals surface area contributed by atoms with Crippen LogP contribution in [0.2, 0.25) is 0 Å². The molecule has 5 aliphatic rings. The van der Waals surface area contributed by atoms with Crippen LogP contribution in [0.25, 0.3) is 11.1 Å². The van der Waals surface area contributed by atoms with E-state index < -0.39 is 0 Å². The Bertz CT molecular complexity index is 3250. The number of aliphatic hydroxyl groups excluding tert-OH is 1. The van der Waals surface area contributed by atoms with Gasteiger partial charge in [-0.1, -0.05) is 119 Å². The highest BCUT2D eigenvalue weighted by atomic mass is 32.1. The van der Waals surface area contributed by atoms with Crippen molar-refractivity contribution in [1.29, 1.82) is 0 Å². The molecular formula is C54H53N2O2S2+. The van der Waals surface area contributed by atoms with Crippen molar-refractivity contribution in [2.24, 2.45) is 0 Å². The van der Waals surface area contributed by atoms with Crippen LogP contribution in [-0.4, -0.2) is 10.9 Å². The number of fused-ring (bicyclic) bond motifs is 7. The molecule has 60 heavy (non-hydrogen) atoms. The predicted molar refractivity (Wildman–Crippen MR) is 251 cm³/mol. The number of benzene rings is 4. The third-order valence-electron chi connectivity index (χ3n) is 15.1. The second-order valence-corrected chi connectivity index (χ2v) is 22.5. The smallest absolute Gasteiger partial charge is 0.272 e. The summed E-state index contributed by atoms with van der Waals surface area (Å²) in [5.74, 6) is 0.0508. The summed E-state index contributed by atoms with van der Waals surface area (Å²) in [6.07, 6.45) is 0. The first kappa shape index (κ1) is 37.9. The number of ketones is 1. The monoisotopic (exact) mass is 825 g/mol. The summed E-state index contributed by atoms with van der Waals surface area (Å²) < 4.78 is 4.49. The summed E-state index contributed by atoms with van der Waals surface area (Å²) in [5, 5.41) is 13.5. The number of thiophene rings is 2. The lowest BCUT2D eigenvalue weighted by Crippen LogP contribution is -2.42. The molecule has 1 aliphatic carbocycles. The van der Waals surface area contributed by atoms with E-state index in [4.69, 9.17) is 0 Å². The number of nitrogens with zero attached hydrogens (tertiary/aromatic N) is 2. The molecule has 4 aliphatic heterocycles. The second-order valence-electron chi connectivity index (χ2n) is 20.5. The Morgan fingerprint density at radius 2 is 1.10 bits per heavy atom. The van der Waals surface area contributed by atoms with E-state index in [1.54, 1.807) is 22.7 Å². The average molecular weight is 826 g/mol. The Morgan fingerprint density at radius 1 is 0.567 bits per heavy atom. The maximum Gasteiger partial charge on any atom is 0.272 e. The van der Waals surface area contributed by atoms with E-state index in [9.17, 15) is 9.90 Å². The number of carbonyl (C=O) groups excluding carboxylic acids is 1. The quantitative estimate of drug-likeness (QED) is 0.168. The van der Waals surface area contributed by atoms with Gasteiger partial charge in [-0.05, 0) is 93.6 Å². The molecule has 0 spiro atoms. The van der Waals surface area contributed by atoms with Crippen LogP contribution in [0, 0.1) is 41.5 Å². The SMILES string of the molecule is Cc1ccc2c(c1)C(C)(C)c1cc(C)cc3c1N2c1sc(C2=C(O)/C(=c4/sc5c(c4C)C(C)(C)c4cc(C)cc6c4[N+]=5c4ccc(C)cc4C6(C)C)C2=O)c(C)c1C3(C)C. The van der Waals surface area contributed by atoms with Crippen molar-refractivity contribution in [3.8, 4) is 0 Å². The van der Waals surface area contributed by atoms with E-state index in [0.717, 1.165) is 30.2 Å². The summed E-state index contributed by atoms with van der Waals surface area (Å²) >= 11 is 3.33. The second kappa shape index (κ2) is 11.5. The van der Waals surface area contributed by atoms with Crippen LogP contribution in [0.5, 0.6) is 0 Å². The van der Waals surface area contributed by atoms with Crippen LogP contribution in [0.1, 0.15) is 138 Å². The minimum atomic E-state index is -0.326. The topological polar surface area (TPSA) is 43.5 Å². The first-order valence-electron chi connectivity index (χ1n) is 21.4. The molecule has 2 aromatic heterocycles. The molecule has 0 fully saturated rings. The fourth-order valence-electron chi connectivity index (χ4n) is 11.9. The van der Waals surface area contributed by atoms with Gasteiger partial charge in [-0.3, -0.25) is 4.79 Å². The zero-order valence-corrected chi connectivity index (χ0v) is 39.0. The van der Waals surface area contributed by atoms with Crippen LogP contribution in [0.3, 0.4) is 0 Å². The van der Waals surface area contributed by atoms with Crippen LogP contribution in [0.4, 0.5) is 27.8 Å². The average Bonchev–Trinajstić information content (AvgIpc) is 3.68. The van der Waals surface area contributed by atoms with E-state index in [2.05, 4.69) is 167 Å². The highest BCUT2D eigenvalue weighted by molar-refractivity contribution is 7.18. The van der Waals surface area contributed by atoms with Gasteiger partial charge in [-0.25, -0.2) is 0 Å². The molecule has 11 rings (SSSR count). The summed E-state index contributed by atoms with van der Waals surface area (Å²) in [4.78, 5) is 18.3. The van der Waals surface area contributed by atoms with Crippen LogP contribution in [-0.2, 0) is 26.5 Å². The Morgan fingerprint density at radius 3 is 1.75 bits per heavy atom. The van der Waals surface area contributed by atoms with Gasteiger partial charge in [0.05, 0.1) is 32.6 Å². The lowest BCUT2D eigenvalue weighted by molar-refractivity contribution is -0.109. The van der Waals surface area contributed by atoms with Gasteiger partial charge in [0, 0.05) is 54.9 Å². The minimum Gasteiger partial charge on any atom is -0.506 e. The molecule has 6 aromatic rings. The molecule has 1 N–H and O–H groups in total. The highest BCUT2D eigenvalue weighted by Gasteiger charge is 2.52. The fourth-order valence-corrected chi connectivity index (χ4v) is 15.0. The Kier molecular flexibility index (Phi) is 7.24. The van der Waals surface area contributed by atoms with E-state index in [0.29, 0.717) is 11.1 Å². The summed E-state index contributed by atoms with van der Waals surface area (Å²) in [6.45, 7) is 31.9. The number of rotatable bonds is 1. The standard InChI is InChI=1S/C54H52N2O2S2/c1-25-15-17-37-31(19-25)51(7,8)33-21-27(3)23-35-43(33)55(37)49-41(53(35,11)12)29(5)47(59-49)39-45(57)40(46(39)58)48-30(6)42-50(60-48)56-38-18-16-26(2)20-32(38)52(9,10)34-22-28(4)24-36(44(34)56)54(42,13)14/h15-24H,1-14H3/p+1. The van der Waals surface area contributed by atoms with Crippen molar-refractivity contribution in [3.05, 3.63) is 158 Å². The number of hydrogen-bond acceptors (Lipinski definition) is 5. The van der Waals surface area contributed by atoms with Crippen molar-refractivity contribution in [3.63, 3.8) is 0 Å². The minimum absolute atomic E-state index is 0.0683. The van der Waals surface area contributed by atoms with Gasteiger partial charge >= 0.3 is 0 Å². The normalized spacial score (nSPS) is 19.9. The summed E-state index contributed by atoms with van der Waals surface area (Å²) in [5.41, 5.74) is 22.3. The fraction of sp³-hybridized carbons (Fsp3) is 0.333. The van der Waals surface area contributed by atoms with Gasteiger partial charge < -0.3 is 10.0 Å². The molecule has 0 atom stereocenters. The molecular weight excluding hydrogens is 773 g/mol. The molecule has 6 heteroatoms. The Labute approximate surface area is 361 Å². The molecule has 4 aromatic carbocycles. The van der Waals surface area contributed by atoms with E-state index >= 15 is 0 Å². The van der Waals surface area contributed by atoms with Crippen molar-refractivity contribution in [1.82, 2.24) is 4.58 Å². The number of Topliss-reactive ketones (excluding diaryl/α,β-unsaturated/α-hetero) is 1. The maximum absolute atomic E-state index is 15.0. The first-order chi connectivity index (χ1) is 28.1. The van der Waals surface area contributed by atoms with Gasteiger partial charge in [0.25, 0.3) is 4.67 Å². The molecule has 4 nitrogen and oxygen atoms in total. The van der Waals surface area contributed by atoms with Gasteiger partial charge in [-0.15, -0.1) is 15.9 Å². The van der Waals surface area contributed by atoms with Gasteiger partial charge in [-0.2, -0.15) is 0 Å². The van der Waals surface area contributed by atoms with Crippen LogP contribution < -0.4 is 18.7 Å². The zero-order valence-electron chi connectivity index (χ0n) is 37.3. The number of aliphatic hydroxyl groups is 1. The van der Waals surface area contributed by atoms with E-state index in [-0.39, 0.29) is 33.2 Å². The number of carbonyl (C=O) groups is 1. The molecule has 0 bridgehead atoms. The molecule has 0 amide bonds. The molecule has 0 unspecified atom stereocenters. The van der Waals surface area contributed by atoms with Crippen molar-refractivity contribution in [2.75, 3.05) is 4.90 Å². The molecule has 0 radical (unpaired) electrons. The molecule has 6 heterocycles. The third-order valence-corrected chi connectivity index (χ3v) is 17.7. The number of anilines is 3. The lowest BCUT2D eigenvalue weighted by Gasteiger charge is -2.48. The lowest BCUT2D eigenvalue weighted by atomic mass is 9.66. The van der Waals surface area contributed by atoms with Crippen molar-refractivity contribution < 1.29 is 9.90 Å². The van der Waals surface area contributed by atoms with Crippen LogP contribution >= 0.6 is 22.7 Å². The number of aryl methyl sites for hydroxylation is 4. The van der Waals surface area contributed by atoms with Crippen molar-refractivity contribution >= 4 is 67.4 Å². The van der Waals surface area contributed by atoms with E-state index in [1.165, 1.54) is 89.5 Å². The Balaban J connectivity index is 1.16.